The topological polar surface area (TPSA) is 61.7 Å². The van der Waals surface area contributed by atoms with E-state index >= 15 is 0 Å². The van der Waals surface area contributed by atoms with Crippen LogP contribution >= 0.6 is 15.9 Å². The van der Waals surface area contributed by atoms with Gasteiger partial charge in [0.15, 0.2) is 0 Å². The third-order valence-corrected chi connectivity index (χ3v) is 4.43. The first-order valence-corrected chi connectivity index (χ1v) is 7.80. The van der Waals surface area contributed by atoms with Crippen molar-refractivity contribution < 1.29 is 0 Å². The predicted octanol–water partition coefficient (Wildman–Crippen LogP) is 2.27. The second kappa shape index (κ2) is 6.54. The fourth-order valence-corrected chi connectivity index (χ4v) is 2.92. The molecule has 2 heterocycles. The second-order valence-electron chi connectivity index (χ2n) is 5.09. The maximum atomic E-state index is 5.97. The molecule has 6 heteroatoms. The number of imidazole rings is 1. The van der Waals surface area contributed by atoms with Crippen LogP contribution in [-0.2, 0) is 26.4 Å². The second-order valence-corrected chi connectivity index (χ2v) is 5.89. The van der Waals surface area contributed by atoms with Crippen molar-refractivity contribution >= 4 is 15.9 Å². The van der Waals surface area contributed by atoms with Gasteiger partial charge in [0.25, 0.3) is 0 Å². The lowest BCUT2D eigenvalue weighted by atomic mass is 10.1. The minimum absolute atomic E-state index is 0.188. The van der Waals surface area contributed by atoms with E-state index in [1.54, 1.807) is 0 Å². The Kier molecular flexibility index (Phi) is 4.99. The fraction of sp³-hybridized carbons (Fsp3) is 0.571. The maximum absolute atomic E-state index is 5.97. The molecule has 2 rings (SSSR count). The number of hydrogen-bond donors (Lipinski definition) is 1. The van der Waals surface area contributed by atoms with E-state index in [4.69, 9.17) is 5.73 Å². The quantitative estimate of drug-likeness (QED) is 0.878. The van der Waals surface area contributed by atoms with Crippen LogP contribution in [0.1, 0.15) is 37.4 Å². The van der Waals surface area contributed by atoms with Crippen LogP contribution in [0, 0.1) is 0 Å². The van der Waals surface area contributed by atoms with Crippen molar-refractivity contribution in [3.8, 4) is 0 Å². The summed E-state index contributed by atoms with van der Waals surface area (Å²) in [5.41, 5.74) is 9.27. The Morgan fingerprint density at radius 3 is 2.75 bits per heavy atom. The lowest BCUT2D eigenvalue weighted by Gasteiger charge is -2.05. The zero-order valence-corrected chi connectivity index (χ0v) is 13.9. The molecular formula is C14H22BrN5. The molecule has 0 aliphatic carbocycles. The monoisotopic (exact) mass is 339 g/mol. The summed E-state index contributed by atoms with van der Waals surface area (Å²) in [4.78, 5) is 4.42. The van der Waals surface area contributed by atoms with E-state index in [1.807, 2.05) is 18.1 Å². The number of halogens is 1. The van der Waals surface area contributed by atoms with Gasteiger partial charge in [-0.3, -0.25) is 4.68 Å². The van der Waals surface area contributed by atoms with Crippen molar-refractivity contribution in [1.82, 2.24) is 19.3 Å². The number of aromatic nitrogens is 4. The Hall–Kier alpha value is -1.14. The van der Waals surface area contributed by atoms with Gasteiger partial charge in [-0.15, -0.1) is 0 Å². The van der Waals surface area contributed by atoms with E-state index in [1.165, 1.54) is 0 Å². The molecule has 0 spiro atoms. The predicted molar refractivity (Wildman–Crippen MR) is 83.6 cm³/mol. The molecule has 0 aromatic carbocycles. The van der Waals surface area contributed by atoms with Crippen molar-refractivity contribution in [1.29, 1.82) is 0 Å². The largest absolute Gasteiger partial charge is 0.331 e. The van der Waals surface area contributed by atoms with Crippen molar-refractivity contribution in [2.75, 3.05) is 0 Å². The Morgan fingerprint density at radius 2 is 2.15 bits per heavy atom. The van der Waals surface area contributed by atoms with E-state index in [0.29, 0.717) is 0 Å². The van der Waals surface area contributed by atoms with Crippen molar-refractivity contribution in [3.05, 3.63) is 34.1 Å². The number of hydrogen-bond acceptors (Lipinski definition) is 3. The first-order chi connectivity index (χ1) is 9.55. The lowest BCUT2D eigenvalue weighted by molar-refractivity contribution is 0.636. The molecule has 2 aromatic rings. The van der Waals surface area contributed by atoms with E-state index < -0.39 is 0 Å². The molecule has 2 N–H and O–H groups in total. The first-order valence-electron chi connectivity index (χ1n) is 7.01. The highest BCUT2D eigenvalue weighted by molar-refractivity contribution is 9.10. The summed E-state index contributed by atoms with van der Waals surface area (Å²) in [6, 6.07) is 0.188. The van der Waals surface area contributed by atoms with Gasteiger partial charge in [0.2, 0.25) is 0 Å². The average Bonchev–Trinajstić information content (AvgIpc) is 2.98. The summed E-state index contributed by atoms with van der Waals surface area (Å²) in [7, 11) is 1.98. The summed E-state index contributed by atoms with van der Waals surface area (Å²) in [5.74, 6) is 0. The third-order valence-electron chi connectivity index (χ3n) is 3.52. The molecule has 20 heavy (non-hydrogen) atoms. The summed E-state index contributed by atoms with van der Waals surface area (Å²) in [5, 5.41) is 4.51. The highest BCUT2D eigenvalue weighted by atomic mass is 79.9. The molecule has 0 radical (unpaired) electrons. The molecule has 0 fully saturated rings. The van der Waals surface area contributed by atoms with Crippen LogP contribution in [0.2, 0.25) is 0 Å². The smallest absolute Gasteiger partial charge is 0.0953 e. The molecule has 0 aliphatic heterocycles. The number of rotatable bonds is 6. The Bertz CT molecular complexity index is 572. The maximum Gasteiger partial charge on any atom is 0.0953 e. The minimum Gasteiger partial charge on any atom is -0.331 e. The van der Waals surface area contributed by atoms with Gasteiger partial charge in [0.1, 0.15) is 0 Å². The molecule has 1 unspecified atom stereocenters. The van der Waals surface area contributed by atoms with Crippen LogP contribution in [-0.4, -0.2) is 25.4 Å². The molecular weight excluding hydrogens is 318 g/mol. The van der Waals surface area contributed by atoms with Gasteiger partial charge >= 0.3 is 0 Å². The zero-order chi connectivity index (χ0) is 14.7. The van der Waals surface area contributed by atoms with Crippen LogP contribution in [0.25, 0.3) is 0 Å². The molecule has 5 nitrogen and oxygen atoms in total. The van der Waals surface area contributed by atoms with Crippen molar-refractivity contribution in [3.63, 3.8) is 0 Å². The van der Waals surface area contributed by atoms with Crippen LogP contribution in [0.15, 0.2) is 17.0 Å². The SMILES string of the molecule is CCc1nn(C)c(Cn2cnc(CC(N)CC)c2)c1Br. The van der Waals surface area contributed by atoms with Gasteiger partial charge in [-0.25, -0.2) is 4.98 Å². The number of nitrogens with zero attached hydrogens (tertiary/aromatic N) is 4. The Balaban J connectivity index is 2.13. The first kappa shape index (κ1) is 15.3. The highest BCUT2D eigenvalue weighted by Gasteiger charge is 2.13. The molecule has 0 saturated carbocycles. The van der Waals surface area contributed by atoms with Gasteiger partial charge in [-0.05, 0) is 28.8 Å². The summed E-state index contributed by atoms with van der Waals surface area (Å²) >= 11 is 3.64. The molecule has 0 bridgehead atoms. The summed E-state index contributed by atoms with van der Waals surface area (Å²) in [6.07, 6.45) is 6.66. The van der Waals surface area contributed by atoms with E-state index in [-0.39, 0.29) is 6.04 Å². The number of aryl methyl sites for hydroxylation is 2. The average molecular weight is 340 g/mol. The molecule has 0 amide bonds. The molecule has 110 valence electrons. The lowest BCUT2D eigenvalue weighted by Crippen LogP contribution is -2.21. The van der Waals surface area contributed by atoms with E-state index in [0.717, 1.165) is 47.4 Å². The van der Waals surface area contributed by atoms with E-state index in [2.05, 4.69) is 50.6 Å². The van der Waals surface area contributed by atoms with E-state index in [9.17, 15) is 0 Å². The summed E-state index contributed by atoms with van der Waals surface area (Å²) in [6.45, 7) is 4.97. The molecule has 0 saturated heterocycles. The van der Waals surface area contributed by atoms with Gasteiger partial charge in [-0.1, -0.05) is 13.8 Å². The van der Waals surface area contributed by atoms with Crippen molar-refractivity contribution in [2.24, 2.45) is 12.8 Å². The van der Waals surface area contributed by atoms with Gasteiger partial charge in [-0.2, -0.15) is 5.10 Å². The fourth-order valence-electron chi connectivity index (χ4n) is 2.18. The van der Waals surface area contributed by atoms with Gasteiger partial charge < -0.3 is 10.3 Å². The van der Waals surface area contributed by atoms with Crippen LogP contribution < -0.4 is 5.73 Å². The Morgan fingerprint density at radius 1 is 1.40 bits per heavy atom. The molecule has 2 aromatic heterocycles. The normalized spacial score (nSPS) is 12.8. The van der Waals surface area contributed by atoms with Crippen LogP contribution in [0.4, 0.5) is 0 Å². The third kappa shape index (κ3) is 3.30. The zero-order valence-electron chi connectivity index (χ0n) is 12.3. The molecule has 0 aliphatic rings. The number of nitrogens with two attached hydrogens (primary N) is 1. The van der Waals surface area contributed by atoms with Gasteiger partial charge in [0, 0.05) is 25.7 Å². The standard InChI is InChI=1S/C14H22BrN5/c1-4-10(16)6-11-7-20(9-17-11)8-13-14(15)12(5-2)18-19(13)3/h7,9-10H,4-6,8,16H2,1-3H3. The van der Waals surface area contributed by atoms with Crippen LogP contribution in [0.5, 0.6) is 0 Å². The van der Waals surface area contributed by atoms with Gasteiger partial charge in [0.05, 0.1) is 34.4 Å². The Labute approximate surface area is 128 Å². The summed E-state index contributed by atoms with van der Waals surface area (Å²) < 4.78 is 5.11. The van der Waals surface area contributed by atoms with Crippen molar-refractivity contribution in [2.45, 2.75) is 45.7 Å². The molecule has 1 atom stereocenters. The minimum atomic E-state index is 0.188. The van der Waals surface area contributed by atoms with Crippen LogP contribution in [0.3, 0.4) is 0 Å². The highest BCUT2D eigenvalue weighted by Crippen LogP contribution is 2.22.